The van der Waals surface area contributed by atoms with Crippen LogP contribution in [0.2, 0.25) is 5.02 Å². The maximum atomic E-state index is 14.8. The molecular formula is C26H22ClF3NO6PS. The molecule has 0 amide bonds. The molecule has 1 aromatic heterocycles. The standard InChI is InChI=1S/C26H22ClF3NO6PS/c1-3-36-25(32)23-24(38(33,37-4-2)19-10-8-9-17(15-19)26(28,29)30)21-16-18(27)13-14-22(21)31(23)39(34,35)20-11-6-5-7-12-20/h5-16H,3-4H2,1-2H3. The number of esters is 1. The molecule has 13 heteroatoms. The predicted molar refractivity (Wildman–Crippen MR) is 142 cm³/mol. The molecule has 0 aliphatic carbocycles. The number of benzene rings is 3. The molecule has 0 N–H and O–H groups in total. The van der Waals surface area contributed by atoms with Gasteiger partial charge < -0.3 is 9.26 Å². The smallest absolute Gasteiger partial charge is 0.416 e. The van der Waals surface area contributed by atoms with Crippen LogP contribution in [0.25, 0.3) is 10.9 Å². The number of halogens is 4. The van der Waals surface area contributed by atoms with Gasteiger partial charge in [0.05, 0.1) is 34.5 Å². The molecule has 0 spiro atoms. The molecule has 0 bridgehead atoms. The van der Waals surface area contributed by atoms with Gasteiger partial charge in [0.1, 0.15) is 0 Å². The van der Waals surface area contributed by atoms with E-state index in [9.17, 15) is 30.9 Å². The van der Waals surface area contributed by atoms with Crippen LogP contribution in [-0.4, -0.2) is 31.6 Å². The van der Waals surface area contributed by atoms with Crippen LogP contribution in [-0.2, 0) is 30.0 Å². The molecule has 0 saturated heterocycles. The Kier molecular flexibility index (Phi) is 8.01. The topological polar surface area (TPSA) is 91.7 Å². The van der Waals surface area contributed by atoms with Crippen LogP contribution in [0.3, 0.4) is 0 Å². The van der Waals surface area contributed by atoms with Crippen LogP contribution in [0.1, 0.15) is 29.9 Å². The highest BCUT2D eigenvalue weighted by molar-refractivity contribution is 7.90. The number of ether oxygens (including phenoxy) is 1. The van der Waals surface area contributed by atoms with E-state index in [-0.39, 0.29) is 39.3 Å². The molecule has 0 aliphatic rings. The molecular weight excluding hydrogens is 578 g/mol. The molecule has 206 valence electrons. The predicted octanol–water partition coefficient (Wildman–Crippen LogP) is 5.99. The number of alkyl halides is 3. The number of hydrogen-bond donors (Lipinski definition) is 0. The van der Waals surface area contributed by atoms with Gasteiger partial charge in [-0.2, -0.15) is 13.2 Å². The van der Waals surface area contributed by atoms with E-state index in [1.54, 1.807) is 6.07 Å². The molecule has 0 aliphatic heterocycles. The normalized spacial score (nSPS) is 13.8. The van der Waals surface area contributed by atoms with Gasteiger partial charge in [-0.25, -0.2) is 17.2 Å². The lowest BCUT2D eigenvalue weighted by atomic mass is 10.2. The lowest BCUT2D eigenvalue weighted by molar-refractivity contribution is -0.137. The van der Waals surface area contributed by atoms with Gasteiger partial charge in [-0.3, -0.25) is 4.57 Å². The van der Waals surface area contributed by atoms with Crippen LogP contribution < -0.4 is 10.6 Å². The Hall–Kier alpha value is -3.11. The first-order chi connectivity index (χ1) is 18.4. The number of rotatable bonds is 8. The zero-order valence-corrected chi connectivity index (χ0v) is 23.1. The Bertz CT molecular complexity index is 1700. The van der Waals surface area contributed by atoms with E-state index in [0.29, 0.717) is 10.0 Å². The van der Waals surface area contributed by atoms with Gasteiger partial charge in [-0.1, -0.05) is 35.9 Å². The molecule has 1 atom stereocenters. The van der Waals surface area contributed by atoms with E-state index in [1.807, 2.05) is 0 Å². The quantitative estimate of drug-likeness (QED) is 0.182. The summed E-state index contributed by atoms with van der Waals surface area (Å²) in [5, 5.41) is -0.778. The van der Waals surface area contributed by atoms with Crippen molar-refractivity contribution in [2.45, 2.75) is 24.9 Å². The van der Waals surface area contributed by atoms with Crippen LogP contribution in [0.5, 0.6) is 0 Å². The van der Waals surface area contributed by atoms with Crippen molar-refractivity contribution in [3.8, 4) is 0 Å². The molecule has 0 saturated carbocycles. The molecule has 4 rings (SSSR count). The molecule has 0 fully saturated rings. The van der Waals surface area contributed by atoms with Crippen LogP contribution in [0, 0.1) is 0 Å². The second-order valence-corrected chi connectivity index (χ2v) is 12.7. The summed E-state index contributed by atoms with van der Waals surface area (Å²) in [5.74, 6) is -1.16. The van der Waals surface area contributed by atoms with Crippen LogP contribution in [0.15, 0.2) is 77.7 Å². The number of hydrogen-bond acceptors (Lipinski definition) is 6. The van der Waals surface area contributed by atoms with Crippen molar-refractivity contribution in [3.05, 3.63) is 89.1 Å². The van der Waals surface area contributed by atoms with E-state index in [2.05, 4.69) is 0 Å². The summed E-state index contributed by atoms with van der Waals surface area (Å²) in [4.78, 5) is 13.2. The first kappa shape index (κ1) is 28.9. The van der Waals surface area contributed by atoms with Gasteiger partial charge in [-0.05, 0) is 62.4 Å². The number of carbonyl (C=O) groups is 1. The van der Waals surface area contributed by atoms with Crippen molar-refractivity contribution >= 4 is 56.5 Å². The average molecular weight is 600 g/mol. The zero-order valence-electron chi connectivity index (χ0n) is 20.6. The van der Waals surface area contributed by atoms with Crippen molar-refractivity contribution in [3.63, 3.8) is 0 Å². The third-order valence-corrected chi connectivity index (χ3v) is 10.3. The molecule has 1 unspecified atom stereocenters. The molecule has 3 aromatic carbocycles. The Morgan fingerprint density at radius 3 is 2.28 bits per heavy atom. The first-order valence-electron chi connectivity index (χ1n) is 11.6. The molecule has 0 radical (unpaired) electrons. The number of fused-ring (bicyclic) bond motifs is 1. The van der Waals surface area contributed by atoms with Crippen molar-refractivity contribution in [1.82, 2.24) is 3.97 Å². The highest BCUT2D eigenvalue weighted by Gasteiger charge is 2.43. The summed E-state index contributed by atoms with van der Waals surface area (Å²) < 4.78 is 94.9. The van der Waals surface area contributed by atoms with Crippen LogP contribution >= 0.6 is 19.0 Å². The summed E-state index contributed by atoms with van der Waals surface area (Å²) in [5.41, 5.74) is -1.85. The van der Waals surface area contributed by atoms with E-state index in [0.717, 1.165) is 12.1 Å². The Morgan fingerprint density at radius 2 is 1.67 bits per heavy atom. The van der Waals surface area contributed by atoms with Gasteiger partial charge in [0.2, 0.25) is 0 Å². The fraction of sp³-hybridized carbons (Fsp3) is 0.192. The van der Waals surface area contributed by atoms with E-state index in [4.69, 9.17) is 20.9 Å². The molecule has 7 nitrogen and oxygen atoms in total. The lowest BCUT2D eigenvalue weighted by Crippen LogP contribution is -2.28. The Morgan fingerprint density at radius 1 is 0.974 bits per heavy atom. The third-order valence-electron chi connectivity index (χ3n) is 5.73. The SMILES string of the molecule is CCOC(=O)c1c(P(=O)(OCC)c2cccc(C(F)(F)F)c2)c2cc(Cl)ccc2n1S(=O)(=O)c1ccccc1. The largest absolute Gasteiger partial charge is 0.461 e. The maximum Gasteiger partial charge on any atom is 0.416 e. The van der Waals surface area contributed by atoms with Crippen LogP contribution in [0.4, 0.5) is 13.2 Å². The minimum absolute atomic E-state index is 0.0562. The molecule has 39 heavy (non-hydrogen) atoms. The van der Waals surface area contributed by atoms with Crippen molar-refractivity contribution in [2.24, 2.45) is 0 Å². The second kappa shape index (κ2) is 10.8. The lowest BCUT2D eigenvalue weighted by Gasteiger charge is -2.21. The first-order valence-corrected chi connectivity index (χ1v) is 15.0. The number of carbonyl (C=O) groups excluding carboxylic acids is 1. The minimum Gasteiger partial charge on any atom is -0.461 e. The minimum atomic E-state index is -4.77. The van der Waals surface area contributed by atoms with Crippen molar-refractivity contribution < 1.29 is 40.2 Å². The Balaban J connectivity index is 2.21. The third kappa shape index (κ3) is 5.24. The molecule has 4 aromatic rings. The zero-order chi connectivity index (χ0) is 28.6. The number of aromatic nitrogens is 1. The summed E-state index contributed by atoms with van der Waals surface area (Å²) >= 11 is 6.23. The maximum absolute atomic E-state index is 14.8. The van der Waals surface area contributed by atoms with E-state index >= 15 is 0 Å². The van der Waals surface area contributed by atoms with Gasteiger partial charge in [-0.15, -0.1) is 0 Å². The Labute approximate surface area is 227 Å². The summed E-state index contributed by atoms with van der Waals surface area (Å²) in [6.45, 7) is 2.54. The van der Waals surface area contributed by atoms with Crippen molar-refractivity contribution in [1.29, 1.82) is 0 Å². The second-order valence-electron chi connectivity index (χ2n) is 8.18. The van der Waals surface area contributed by atoms with Gasteiger partial charge >= 0.3 is 12.1 Å². The summed E-state index contributed by atoms with van der Waals surface area (Å²) in [6.07, 6.45) is -4.77. The van der Waals surface area contributed by atoms with Crippen molar-refractivity contribution in [2.75, 3.05) is 13.2 Å². The summed E-state index contributed by atoms with van der Waals surface area (Å²) in [6, 6.07) is 14.8. The van der Waals surface area contributed by atoms with E-state index < -0.39 is 46.1 Å². The fourth-order valence-electron chi connectivity index (χ4n) is 4.16. The number of nitrogens with zero attached hydrogens (tertiary/aromatic N) is 1. The monoisotopic (exact) mass is 599 g/mol. The van der Waals surface area contributed by atoms with Gasteiger partial charge in [0.25, 0.3) is 17.4 Å². The summed E-state index contributed by atoms with van der Waals surface area (Å²) in [7, 11) is -9.11. The highest BCUT2D eigenvalue weighted by Crippen LogP contribution is 2.50. The van der Waals surface area contributed by atoms with Gasteiger partial charge in [0, 0.05) is 15.7 Å². The van der Waals surface area contributed by atoms with Gasteiger partial charge in [0.15, 0.2) is 5.69 Å². The van der Waals surface area contributed by atoms with E-state index in [1.165, 1.54) is 62.4 Å². The fourth-order valence-corrected chi connectivity index (χ4v) is 8.39. The highest BCUT2D eigenvalue weighted by atomic mass is 35.5. The average Bonchev–Trinajstić information content (AvgIpc) is 3.25. The molecule has 1 heterocycles.